The van der Waals surface area contributed by atoms with Crippen molar-refractivity contribution in [2.45, 2.75) is 25.4 Å². The van der Waals surface area contributed by atoms with E-state index in [0.29, 0.717) is 11.6 Å². The van der Waals surface area contributed by atoms with Crippen molar-refractivity contribution in [1.29, 1.82) is 0 Å². The van der Waals surface area contributed by atoms with Crippen LogP contribution in [0.3, 0.4) is 0 Å². The fourth-order valence-electron chi connectivity index (χ4n) is 2.81. The van der Waals surface area contributed by atoms with Crippen LogP contribution in [0.25, 0.3) is 0 Å². The molecule has 1 aromatic heterocycles. The van der Waals surface area contributed by atoms with Crippen LogP contribution in [0.2, 0.25) is 0 Å². The maximum Gasteiger partial charge on any atom is 0.335 e. The summed E-state index contributed by atoms with van der Waals surface area (Å²) in [6.07, 6.45) is 3.99. The number of nitrogens with zero attached hydrogens (tertiary/aromatic N) is 1. The molecular weight excluding hydrogens is 254 g/mol. The van der Waals surface area contributed by atoms with E-state index in [4.69, 9.17) is 9.52 Å². The van der Waals surface area contributed by atoms with Gasteiger partial charge in [0, 0.05) is 6.54 Å². The van der Waals surface area contributed by atoms with Crippen molar-refractivity contribution in [1.82, 2.24) is 4.90 Å². The zero-order valence-corrected chi connectivity index (χ0v) is 11.2. The first-order valence-corrected chi connectivity index (χ1v) is 6.84. The van der Waals surface area contributed by atoms with Crippen LogP contribution < -0.4 is 0 Å². The van der Waals surface area contributed by atoms with E-state index < -0.39 is 5.97 Å². The van der Waals surface area contributed by atoms with Crippen molar-refractivity contribution in [3.63, 3.8) is 0 Å². The van der Waals surface area contributed by atoms with Crippen molar-refractivity contribution < 1.29 is 14.3 Å². The lowest BCUT2D eigenvalue weighted by Gasteiger charge is -2.22. The van der Waals surface area contributed by atoms with E-state index in [0.717, 1.165) is 30.8 Å². The monoisotopic (exact) mass is 271 g/mol. The van der Waals surface area contributed by atoms with Gasteiger partial charge < -0.3 is 9.52 Å². The maximum absolute atomic E-state index is 10.8. The van der Waals surface area contributed by atoms with Crippen LogP contribution in [0.4, 0.5) is 0 Å². The third kappa shape index (κ3) is 2.60. The molecule has 1 aliphatic heterocycles. The molecule has 2 aromatic rings. The number of likely N-dealkylation sites (tertiary alicyclic amines) is 1. The highest BCUT2D eigenvalue weighted by molar-refractivity contribution is 5.87. The molecule has 1 aromatic carbocycles. The summed E-state index contributed by atoms with van der Waals surface area (Å²) in [5, 5.41) is 8.90. The minimum atomic E-state index is -0.883. The summed E-state index contributed by atoms with van der Waals surface area (Å²) in [4.78, 5) is 13.2. The van der Waals surface area contributed by atoms with E-state index in [9.17, 15) is 4.79 Å². The van der Waals surface area contributed by atoms with E-state index in [2.05, 4.69) is 4.90 Å². The Balaban J connectivity index is 1.72. The SMILES string of the molecule is O=C(O)c1ccc(CN2CCCC2c2ccco2)cc1. The molecular formula is C16H17NO3. The molecule has 0 spiro atoms. The first-order chi connectivity index (χ1) is 9.74. The molecule has 0 saturated carbocycles. The van der Waals surface area contributed by atoms with Gasteiger partial charge in [0.15, 0.2) is 0 Å². The van der Waals surface area contributed by atoms with Crippen LogP contribution in [-0.2, 0) is 6.54 Å². The van der Waals surface area contributed by atoms with Crippen LogP contribution in [-0.4, -0.2) is 22.5 Å². The summed E-state index contributed by atoms with van der Waals surface area (Å²) < 4.78 is 5.52. The van der Waals surface area contributed by atoms with E-state index in [-0.39, 0.29) is 0 Å². The Morgan fingerprint density at radius 3 is 2.75 bits per heavy atom. The van der Waals surface area contributed by atoms with Crippen LogP contribution in [0.5, 0.6) is 0 Å². The molecule has 3 rings (SSSR count). The van der Waals surface area contributed by atoms with E-state index in [1.807, 2.05) is 24.3 Å². The lowest BCUT2D eigenvalue weighted by molar-refractivity contribution is 0.0697. The molecule has 0 amide bonds. The molecule has 0 aliphatic carbocycles. The summed E-state index contributed by atoms with van der Waals surface area (Å²) in [6, 6.07) is 11.4. The number of hydrogen-bond acceptors (Lipinski definition) is 3. The van der Waals surface area contributed by atoms with Gasteiger partial charge in [0.05, 0.1) is 17.9 Å². The second kappa shape index (κ2) is 5.51. The first kappa shape index (κ1) is 12.9. The number of aromatic carboxylic acids is 1. The fourth-order valence-corrected chi connectivity index (χ4v) is 2.81. The summed E-state index contributed by atoms with van der Waals surface area (Å²) in [5.74, 6) is 0.135. The van der Waals surface area contributed by atoms with Crippen molar-refractivity contribution in [3.05, 3.63) is 59.5 Å². The van der Waals surface area contributed by atoms with E-state index >= 15 is 0 Å². The largest absolute Gasteiger partial charge is 0.478 e. The molecule has 1 atom stereocenters. The van der Waals surface area contributed by atoms with Crippen molar-refractivity contribution in [2.75, 3.05) is 6.54 Å². The second-order valence-electron chi connectivity index (χ2n) is 5.15. The highest BCUT2D eigenvalue weighted by Gasteiger charge is 2.27. The molecule has 2 heterocycles. The smallest absolute Gasteiger partial charge is 0.335 e. The van der Waals surface area contributed by atoms with Gasteiger partial charge in [-0.15, -0.1) is 0 Å². The Bertz CT molecular complexity index is 574. The molecule has 1 unspecified atom stereocenters. The van der Waals surface area contributed by atoms with Gasteiger partial charge in [-0.3, -0.25) is 4.90 Å². The fraction of sp³-hybridized carbons (Fsp3) is 0.312. The molecule has 1 N–H and O–H groups in total. The minimum Gasteiger partial charge on any atom is -0.478 e. The predicted octanol–water partition coefficient (Wildman–Crippen LogP) is 3.31. The molecule has 104 valence electrons. The van der Waals surface area contributed by atoms with Gasteiger partial charge in [-0.2, -0.15) is 0 Å². The summed E-state index contributed by atoms with van der Waals surface area (Å²) >= 11 is 0. The number of carboxylic acids is 1. The highest BCUT2D eigenvalue weighted by atomic mass is 16.4. The Hall–Kier alpha value is -2.07. The van der Waals surface area contributed by atoms with Gasteiger partial charge in [-0.25, -0.2) is 4.79 Å². The minimum absolute atomic E-state index is 0.331. The molecule has 20 heavy (non-hydrogen) atoms. The number of rotatable bonds is 4. The van der Waals surface area contributed by atoms with E-state index in [1.165, 1.54) is 6.42 Å². The molecule has 4 nitrogen and oxygen atoms in total. The molecule has 0 radical (unpaired) electrons. The maximum atomic E-state index is 10.8. The van der Waals surface area contributed by atoms with Crippen molar-refractivity contribution in [3.8, 4) is 0 Å². The average molecular weight is 271 g/mol. The van der Waals surface area contributed by atoms with Crippen molar-refractivity contribution >= 4 is 5.97 Å². The number of carbonyl (C=O) groups is 1. The molecule has 1 aliphatic rings. The zero-order chi connectivity index (χ0) is 13.9. The normalized spacial score (nSPS) is 19.3. The van der Waals surface area contributed by atoms with Gasteiger partial charge in [-0.05, 0) is 49.2 Å². The molecule has 4 heteroatoms. The summed E-state index contributed by atoms with van der Waals surface area (Å²) in [7, 11) is 0. The van der Waals surface area contributed by atoms with Gasteiger partial charge in [0.25, 0.3) is 0 Å². The average Bonchev–Trinajstić information content (AvgIpc) is 3.09. The summed E-state index contributed by atoms with van der Waals surface area (Å²) in [5.41, 5.74) is 1.46. The zero-order valence-electron chi connectivity index (χ0n) is 11.2. The van der Waals surface area contributed by atoms with Gasteiger partial charge in [0.2, 0.25) is 0 Å². The Morgan fingerprint density at radius 2 is 2.10 bits per heavy atom. The number of furan rings is 1. The summed E-state index contributed by atoms with van der Waals surface area (Å²) in [6.45, 7) is 1.87. The highest BCUT2D eigenvalue weighted by Crippen LogP contribution is 2.33. The standard InChI is InChI=1S/C16H17NO3/c18-16(19)13-7-5-12(6-8-13)11-17-9-1-3-14(17)15-4-2-10-20-15/h2,4-8,10,14H,1,3,9,11H2,(H,18,19). The number of carboxylic acid groups (broad SMARTS) is 1. The topological polar surface area (TPSA) is 53.7 Å². The van der Waals surface area contributed by atoms with Gasteiger partial charge in [-0.1, -0.05) is 12.1 Å². The Morgan fingerprint density at radius 1 is 1.30 bits per heavy atom. The predicted molar refractivity (Wildman–Crippen MR) is 74.5 cm³/mol. The number of benzene rings is 1. The van der Waals surface area contributed by atoms with Crippen LogP contribution in [0.15, 0.2) is 47.1 Å². The quantitative estimate of drug-likeness (QED) is 0.926. The molecule has 1 fully saturated rings. The lowest BCUT2D eigenvalue weighted by Crippen LogP contribution is -2.22. The molecule has 0 bridgehead atoms. The van der Waals surface area contributed by atoms with Gasteiger partial charge >= 0.3 is 5.97 Å². The third-order valence-electron chi connectivity index (χ3n) is 3.82. The third-order valence-corrected chi connectivity index (χ3v) is 3.82. The van der Waals surface area contributed by atoms with Gasteiger partial charge in [0.1, 0.15) is 5.76 Å². The Labute approximate surface area is 117 Å². The Kier molecular flexibility index (Phi) is 3.56. The van der Waals surface area contributed by atoms with E-state index in [1.54, 1.807) is 18.4 Å². The second-order valence-corrected chi connectivity index (χ2v) is 5.15. The van der Waals surface area contributed by atoms with Crippen LogP contribution >= 0.6 is 0 Å². The lowest BCUT2D eigenvalue weighted by atomic mass is 10.1. The van der Waals surface area contributed by atoms with Crippen LogP contribution in [0, 0.1) is 0 Å². The van der Waals surface area contributed by atoms with Crippen LogP contribution in [0.1, 0.15) is 40.6 Å². The van der Waals surface area contributed by atoms with Crippen molar-refractivity contribution in [2.24, 2.45) is 0 Å². The molecule has 1 saturated heterocycles. The number of hydrogen-bond donors (Lipinski definition) is 1. The first-order valence-electron chi connectivity index (χ1n) is 6.84.